The first-order chi connectivity index (χ1) is 6.63. The van der Waals surface area contributed by atoms with Crippen LogP contribution < -0.4 is 4.74 Å². The predicted molar refractivity (Wildman–Crippen MR) is 49.2 cm³/mol. The molecule has 0 spiro atoms. The fourth-order valence-electron chi connectivity index (χ4n) is 1.06. The lowest BCUT2D eigenvalue weighted by molar-refractivity contribution is -0.142. The van der Waals surface area contributed by atoms with Gasteiger partial charge in [0.2, 0.25) is 6.17 Å². The minimum atomic E-state index is -1.84. The van der Waals surface area contributed by atoms with Gasteiger partial charge in [-0.1, -0.05) is 12.1 Å². The number of carbonyl (C=O) groups is 1. The Labute approximate surface area is 81.1 Å². The molecular weight excluding hydrogens is 187 g/mol. The van der Waals surface area contributed by atoms with Crippen LogP contribution in [-0.2, 0) is 11.2 Å². The van der Waals surface area contributed by atoms with Crippen molar-refractivity contribution in [2.45, 2.75) is 12.6 Å². The second-order valence-corrected chi connectivity index (χ2v) is 2.86. The van der Waals surface area contributed by atoms with E-state index in [1.807, 2.05) is 0 Å². The highest BCUT2D eigenvalue weighted by atomic mass is 19.1. The fourth-order valence-corrected chi connectivity index (χ4v) is 1.06. The molecule has 0 aromatic heterocycles. The summed E-state index contributed by atoms with van der Waals surface area (Å²) in [7, 11) is 1.53. The van der Waals surface area contributed by atoms with Crippen LogP contribution >= 0.6 is 0 Å². The van der Waals surface area contributed by atoms with Crippen molar-refractivity contribution in [3.05, 3.63) is 29.8 Å². The maximum absolute atomic E-state index is 12.8. The van der Waals surface area contributed by atoms with Crippen molar-refractivity contribution in [2.24, 2.45) is 0 Å². The summed E-state index contributed by atoms with van der Waals surface area (Å²) in [6.45, 7) is 0. The SMILES string of the molecule is COc1ccc(C[C@@H](F)C(=O)O)cc1. The van der Waals surface area contributed by atoms with Gasteiger partial charge in [-0.3, -0.25) is 0 Å². The van der Waals surface area contributed by atoms with Gasteiger partial charge in [-0.2, -0.15) is 0 Å². The van der Waals surface area contributed by atoms with E-state index in [1.54, 1.807) is 24.3 Å². The molecule has 0 fully saturated rings. The van der Waals surface area contributed by atoms with Crippen molar-refractivity contribution in [1.29, 1.82) is 0 Å². The molecule has 0 saturated heterocycles. The fraction of sp³-hybridized carbons (Fsp3) is 0.300. The summed E-state index contributed by atoms with van der Waals surface area (Å²) < 4.78 is 17.7. The Morgan fingerprint density at radius 2 is 2.07 bits per heavy atom. The van der Waals surface area contributed by atoms with E-state index in [0.29, 0.717) is 11.3 Å². The highest BCUT2D eigenvalue weighted by Gasteiger charge is 2.15. The average Bonchev–Trinajstić information content (AvgIpc) is 2.19. The Kier molecular flexibility index (Phi) is 3.45. The van der Waals surface area contributed by atoms with Crippen LogP contribution in [0.4, 0.5) is 4.39 Å². The highest BCUT2D eigenvalue weighted by molar-refractivity contribution is 5.72. The van der Waals surface area contributed by atoms with E-state index in [1.165, 1.54) is 7.11 Å². The molecule has 0 heterocycles. The first-order valence-electron chi connectivity index (χ1n) is 4.13. The number of hydrogen-bond acceptors (Lipinski definition) is 2. The molecule has 0 amide bonds. The van der Waals surface area contributed by atoms with Gasteiger partial charge in [-0.25, -0.2) is 9.18 Å². The van der Waals surface area contributed by atoms with Crippen LogP contribution in [0.2, 0.25) is 0 Å². The minimum absolute atomic E-state index is 0.112. The second kappa shape index (κ2) is 4.60. The Bertz CT molecular complexity index is 308. The van der Waals surface area contributed by atoms with Crippen LogP contribution in [0.15, 0.2) is 24.3 Å². The zero-order valence-corrected chi connectivity index (χ0v) is 7.74. The van der Waals surface area contributed by atoms with Gasteiger partial charge in [0.1, 0.15) is 5.75 Å². The van der Waals surface area contributed by atoms with Gasteiger partial charge in [-0.15, -0.1) is 0 Å². The van der Waals surface area contributed by atoms with E-state index in [-0.39, 0.29) is 6.42 Å². The molecule has 0 radical (unpaired) electrons. The van der Waals surface area contributed by atoms with Crippen molar-refractivity contribution in [2.75, 3.05) is 7.11 Å². The molecule has 1 aromatic carbocycles. The highest BCUT2D eigenvalue weighted by Crippen LogP contribution is 2.13. The number of hydrogen-bond donors (Lipinski definition) is 1. The van der Waals surface area contributed by atoms with Crippen LogP contribution in [-0.4, -0.2) is 24.4 Å². The Morgan fingerprint density at radius 1 is 1.50 bits per heavy atom. The van der Waals surface area contributed by atoms with E-state index in [9.17, 15) is 9.18 Å². The lowest BCUT2D eigenvalue weighted by Gasteiger charge is -2.04. The number of rotatable bonds is 4. The molecule has 76 valence electrons. The molecule has 0 unspecified atom stereocenters. The Balaban J connectivity index is 2.64. The molecule has 0 saturated carbocycles. The largest absolute Gasteiger partial charge is 0.497 e. The first kappa shape index (κ1) is 10.5. The lowest BCUT2D eigenvalue weighted by Crippen LogP contribution is -2.16. The molecule has 1 aromatic rings. The summed E-state index contributed by atoms with van der Waals surface area (Å²) in [5, 5.41) is 8.34. The van der Waals surface area contributed by atoms with Crippen molar-refractivity contribution < 1.29 is 19.0 Å². The summed E-state index contributed by atoms with van der Waals surface area (Å²) >= 11 is 0. The van der Waals surface area contributed by atoms with Crippen LogP contribution in [0, 0.1) is 0 Å². The summed E-state index contributed by atoms with van der Waals surface area (Å²) in [6, 6.07) is 6.64. The van der Waals surface area contributed by atoms with E-state index >= 15 is 0 Å². The molecule has 0 aliphatic carbocycles. The number of carboxylic acid groups (broad SMARTS) is 1. The Morgan fingerprint density at radius 3 is 2.50 bits per heavy atom. The average molecular weight is 198 g/mol. The van der Waals surface area contributed by atoms with E-state index in [2.05, 4.69) is 0 Å². The third kappa shape index (κ3) is 2.73. The molecular formula is C10H11FO3. The summed E-state index contributed by atoms with van der Waals surface area (Å²) in [4.78, 5) is 10.2. The summed E-state index contributed by atoms with van der Waals surface area (Å²) in [5.74, 6) is -0.764. The molecule has 1 rings (SSSR count). The van der Waals surface area contributed by atoms with Crippen molar-refractivity contribution in [3.8, 4) is 5.75 Å². The van der Waals surface area contributed by atoms with Crippen LogP contribution in [0.25, 0.3) is 0 Å². The first-order valence-corrected chi connectivity index (χ1v) is 4.13. The normalized spacial score (nSPS) is 12.1. The van der Waals surface area contributed by atoms with Crippen molar-refractivity contribution in [3.63, 3.8) is 0 Å². The van der Waals surface area contributed by atoms with Gasteiger partial charge in [0.05, 0.1) is 7.11 Å². The lowest BCUT2D eigenvalue weighted by atomic mass is 10.1. The molecule has 4 heteroatoms. The molecule has 0 aliphatic heterocycles. The predicted octanol–water partition coefficient (Wildman–Crippen LogP) is 1.66. The zero-order valence-electron chi connectivity index (χ0n) is 7.74. The topological polar surface area (TPSA) is 46.5 Å². The van der Waals surface area contributed by atoms with E-state index < -0.39 is 12.1 Å². The maximum Gasteiger partial charge on any atom is 0.338 e. The monoisotopic (exact) mass is 198 g/mol. The van der Waals surface area contributed by atoms with Crippen molar-refractivity contribution >= 4 is 5.97 Å². The summed E-state index contributed by atoms with van der Waals surface area (Å²) in [6.07, 6.45) is -1.96. The third-order valence-electron chi connectivity index (χ3n) is 1.84. The van der Waals surface area contributed by atoms with Gasteiger partial charge < -0.3 is 9.84 Å². The van der Waals surface area contributed by atoms with Gasteiger partial charge in [0, 0.05) is 6.42 Å². The summed E-state index contributed by atoms with van der Waals surface area (Å²) in [5.41, 5.74) is 0.640. The number of benzene rings is 1. The van der Waals surface area contributed by atoms with E-state index in [4.69, 9.17) is 9.84 Å². The third-order valence-corrected chi connectivity index (χ3v) is 1.84. The number of ether oxygens (including phenoxy) is 1. The minimum Gasteiger partial charge on any atom is -0.497 e. The molecule has 14 heavy (non-hydrogen) atoms. The number of methoxy groups -OCH3 is 1. The van der Waals surface area contributed by atoms with Crippen LogP contribution in [0.1, 0.15) is 5.56 Å². The molecule has 1 N–H and O–H groups in total. The quantitative estimate of drug-likeness (QED) is 0.800. The van der Waals surface area contributed by atoms with Gasteiger partial charge in [-0.05, 0) is 17.7 Å². The van der Waals surface area contributed by atoms with E-state index in [0.717, 1.165) is 0 Å². The smallest absolute Gasteiger partial charge is 0.338 e. The zero-order chi connectivity index (χ0) is 10.6. The number of halogens is 1. The maximum atomic E-state index is 12.8. The standard InChI is InChI=1S/C10H11FO3/c1-14-8-4-2-7(3-5-8)6-9(11)10(12)13/h2-5,9H,6H2,1H3,(H,12,13)/t9-/m1/s1. The number of carboxylic acids is 1. The molecule has 0 bridgehead atoms. The second-order valence-electron chi connectivity index (χ2n) is 2.86. The Hall–Kier alpha value is -1.58. The molecule has 0 aliphatic rings. The van der Waals surface area contributed by atoms with Gasteiger partial charge in [0.25, 0.3) is 0 Å². The van der Waals surface area contributed by atoms with Crippen LogP contribution in [0.5, 0.6) is 5.75 Å². The van der Waals surface area contributed by atoms with Gasteiger partial charge >= 0.3 is 5.97 Å². The molecule has 1 atom stereocenters. The van der Waals surface area contributed by atoms with Crippen LogP contribution in [0.3, 0.4) is 0 Å². The molecule has 3 nitrogen and oxygen atoms in total. The van der Waals surface area contributed by atoms with Gasteiger partial charge in [0.15, 0.2) is 0 Å². The number of aliphatic carboxylic acids is 1. The van der Waals surface area contributed by atoms with Crippen molar-refractivity contribution in [1.82, 2.24) is 0 Å². The number of alkyl halides is 1.